The molecule has 0 aliphatic heterocycles. The Balaban J connectivity index is 2.15. The molecule has 0 fully saturated rings. The molecule has 0 aromatic carbocycles. The van der Waals surface area contributed by atoms with Crippen molar-refractivity contribution in [2.45, 2.75) is 19.9 Å². The summed E-state index contributed by atoms with van der Waals surface area (Å²) in [6, 6.07) is 0.400. The van der Waals surface area contributed by atoms with Crippen LogP contribution >= 0.6 is 23.1 Å². The molecule has 1 heterocycles. The molecule has 74 valence electrons. The lowest BCUT2D eigenvalue weighted by molar-refractivity contribution is 0.598. The van der Waals surface area contributed by atoms with Gasteiger partial charge in [-0.3, -0.25) is 0 Å². The molecule has 1 aromatic heterocycles. The standard InChI is InChI=1S/C9H16N2S2/c1-3-12-6-4-10-8(2)9-11-5-7-13-9/h5,7-8,10H,3-4,6H2,1-2H3. The van der Waals surface area contributed by atoms with Gasteiger partial charge in [0.15, 0.2) is 0 Å². The Morgan fingerprint density at radius 3 is 3.15 bits per heavy atom. The first-order chi connectivity index (χ1) is 6.34. The van der Waals surface area contributed by atoms with Crippen molar-refractivity contribution in [1.82, 2.24) is 10.3 Å². The average Bonchev–Trinajstić information content (AvgIpc) is 2.65. The quantitative estimate of drug-likeness (QED) is 0.740. The van der Waals surface area contributed by atoms with Gasteiger partial charge >= 0.3 is 0 Å². The highest BCUT2D eigenvalue weighted by Gasteiger charge is 2.05. The second kappa shape index (κ2) is 6.40. The first-order valence-corrected chi connectivity index (χ1v) is 6.58. The zero-order chi connectivity index (χ0) is 9.52. The number of hydrogen-bond donors (Lipinski definition) is 1. The summed E-state index contributed by atoms with van der Waals surface area (Å²) >= 11 is 3.68. The minimum atomic E-state index is 0.400. The minimum absolute atomic E-state index is 0.400. The summed E-state index contributed by atoms with van der Waals surface area (Å²) in [6.07, 6.45) is 1.86. The van der Waals surface area contributed by atoms with Gasteiger partial charge in [-0.2, -0.15) is 11.8 Å². The van der Waals surface area contributed by atoms with Gasteiger partial charge in [-0.05, 0) is 12.7 Å². The van der Waals surface area contributed by atoms with E-state index in [0.717, 1.165) is 6.54 Å². The van der Waals surface area contributed by atoms with Crippen LogP contribution in [-0.2, 0) is 0 Å². The van der Waals surface area contributed by atoms with Crippen LogP contribution in [0.2, 0.25) is 0 Å². The van der Waals surface area contributed by atoms with E-state index in [1.54, 1.807) is 11.3 Å². The van der Waals surface area contributed by atoms with E-state index in [9.17, 15) is 0 Å². The van der Waals surface area contributed by atoms with E-state index < -0.39 is 0 Å². The van der Waals surface area contributed by atoms with Gasteiger partial charge in [0.05, 0.1) is 6.04 Å². The van der Waals surface area contributed by atoms with Crippen LogP contribution in [0.1, 0.15) is 24.9 Å². The van der Waals surface area contributed by atoms with Gasteiger partial charge in [-0.15, -0.1) is 11.3 Å². The number of nitrogens with zero attached hydrogens (tertiary/aromatic N) is 1. The number of nitrogens with one attached hydrogen (secondary N) is 1. The summed E-state index contributed by atoms with van der Waals surface area (Å²) in [5.41, 5.74) is 0. The van der Waals surface area contributed by atoms with Gasteiger partial charge < -0.3 is 5.32 Å². The van der Waals surface area contributed by atoms with Crippen molar-refractivity contribution >= 4 is 23.1 Å². The summed E-state index contributed by atoms with van der Waals surface area (Å²) in [5.74, 6) is 2.39. The van der Waals surface area contributed by atoms with Crippen LogP contribution in [0.5, 0.6) is 0 Å². The molecule has 0 aliphatic rings. The number of hydrogen-bond acceptors (Lipinski definition) is 4. The highest BCUT2D eigenvalue weighted by atomic mass is 32.2. The maximum atomic E-state index is 4.26. The molecule has 0 saturated carbocycles. The lowest BCUT2D eigenvalue weighted by atomic mass is 10.3. The SMILES string of the molecule is CCSCCNC(C)c1nccs1. The second-order valence-electron chi connectivity index (χ2n) is 2.74. The first kappa shape index (κ1) is 11.0. The average molecular weight is 216 g/mol. The smallest absolute Gasteiger partial charge is 0.109 e. The van der Waals surface area contributed by atoms with Crippen molar-refractivity contribution in [1.29, 1.82) is 0 Å². The molecular formula is C9H16N2S2. The Morgan fingerprint density at radius 2 is 2.54 bits per heavy atom. The van der Waals surface area contributed by atoms with Gasteiger partial charge in [-0.25, -0.2) is 4.98 Å². The maximum absolute atomic E-state index is 4.26. The third-order valence-corrected chi connectivity index (χ3v) is 3.58. The number of aromatic nitrogens is 1. The highest BCUT2D eigenvalue weighted by molar-refractivity contribution is 7.99. The van der Waals surface area contributed by atoms with Crippen LogP contribution in [-0.4, -0.2) is 23.0 Å². The van der Waals surface area contributed by atoms with Crippen LogP contribution < -0.4 is 5.32 Å². The van der Waals surface area contributed by atoms with Gasteiger partial charge in [0.1, 0.15) is 5.01 Å². The van der Waals surface area contributed by atoms with Crippen molar-refractivity contribution in [3.05, 3.63) is 16.6 Å². The lowest BCUT2D eigenvalue weighted by Gasteiger charge is -2.09. The Labute approximate surface area is 88.2 Å². The van der Waals surface area contributed by atoms with E-state index in [4.69, 9.17) is 0 Å². The zero-order valence-electron chi connectivity index (χ0n) is 8.12. The minimum Gasteiger partial charge on any atom is -0.307 e. The van der Waals surface area contributed by atoms with Crippen molar-refractivity contribution in [3.8, 4) is 0 Å². The zero-order valence-corrected chi connectivity index (χ0v) is 9.75. The summed E-state index contributed by atoms with van der Waals surface area (Å²) in [7, 11) is 0. The van der Waals surface area contributed by atoms with Crippen molar-refractivity contribution in [2.75, 3.05) is 18.1 Å². The third kappa shape index (κ3) is 4.11. The molecule has 1 aromatic rings. The van der Waals surface area contributed by atoms with Crippen molar-refractivity contribution in [3.63, 3.8) is 0 Å². The molecule has 0 spiro atoms. The van der Waals surface area contributed by atoms with Crippen LogP contribution in [0.3, 0.4) is 0 Å². The first-order valence-electron chi connectivity index (χ1n) is 4.55. The molecule has 2 nitrogen and oxygen atoms in total. The van der Waals surface area contributed by atoms with E-state index >= 15 is 0 Å². The molecule has 4 heteroatoms. The lowest BCUT2D eigenvalue weighted by Crippen LogP contribution is -2.21. The Morgan fingerprint density at radius 1 is 1.69 bits per heavy atom. The summed E-state index contributed by atoms with van der Waals surface area (Å²) in [6.45, 7) is 5.42. The predicted molar refractivity (Wildman–Crippen MR) is 61.5 cm³/mol. The van der Waals surface area contributed by atoms with Crippen LogP contribution in [0, 0.1) is 0 Å². The fraction of sp³-hybridized carbons (Fsp3) is 0.667. The Hall–Kier alpha value is -0.0600. The van der Waals surface area contributed by atoms with Crippen LogP contribution in [0.25, 0.3) is 0 Å². The van der Waals surface area contributed by atoms with Crippen LogP contribution in [0.4, 0.5) is 0 Å². The molecule has 0 aliphatic carbocycles. The normalized spacial score (nSPS) is 13.1. The molecule has 0 saturated heterocycles. The number of thioether (sulfide) groups is 1. The number of thiazole rings is 1. The van der Waals surface area contributed by atoms with Crippen molar-refractivity contribution in [2.24, 2.45) is 0 Å². The van der Waals surface area contributed by atoms with Gasteiger partial charge in [-0.1, -0.05) is 6.92 Å². The molecule has 1 atom stereocenters. The van der Waals surface area contributed by atoms with E-state index in [1.165, 1.54) is 16.5 Å². The second-order valence-corrected chi connectivity index (χ2v) is 5.06. The Bertz CT molecular complexity index is 211. The monoisotopic (exact) mass is 216 g/mol. The van der Waals surface area contributed by atoms with Gasteiger partial charge in [0.25, 0.3) is 0 Å². The fourth-order valence-electron chi connectivity index (χ4n) is 1.03. The topological polar surface area (TPSA) is 24.9 Å². The van der Waals surface area contributed by atoms with Crippen LogP contribution in [0.15, 0.2) is 11.6 Å². The molecule has 1 N–H and O–H groups in total. The van der Waals surface area contributed by atoms with E-state index in [0.29, 0.717) is 6.04 Å². The summed E-state index contributed by atoms with van der Waals surface area (Å²) < 4.78 is 0. The summed E-state index contributed by atoms with van der Waals surface area (Å²) in [5, 5.41) is 6.65. The fourth-order valence-corrected chi connectivity index (χ4v) is 2.25. The third-order valence-electron chi connectivity index (χ3n) is 1.72. The number of rotatable bonds is 6. The highest BCUT2D eigenvalue weighted by Crippen LogP contribution is 2.14. The summed E-state index contributed by atoms with van der Waals surface area (Å²) in [4.78, 5) is 4.26. The maximum Gasteiger partial charge on any atom is 0.109 e. The molecule has 1 rings (SSSR count). The molecule has 13 heavy (non-hydrogen) atoms. The largest absolute Gasteiger partial charge is 0.307 e. The molecule has 1 unspecified atom stereocenters. The van der Waals surface area contributed by atoms with E-state index in [-0.39, 0.29) is 0 Å². The molecule has 0 amide bonds. The van der Waals surface area contributed by atoms with Gasteiger partial charge in [0.2, 0.25) is 0 Å². The molecular weight excluding hydrogens is 200 g/mol. The molecule has 0 radical (unpaired) electrons. The predicted octanol–water partition coefficient (Wildman–Crippen LogP) is 2.55. The molecule has 0 bridgehead atoms. The van der Waals surface area contributed by atoms with E-state index in [1.807, 2.05) is 23.3 Å². The van der Waals surface area contributed by atoms with E-state index in [2.05, 4.69) is 24.1 Å². The van der Waals surface area contributed by atoms with Gasteiger partial charge in [0, 0.05) is 23.9 Å². The Kier molecular flexibility index (Phi) is 5.43. The van der Waals surface area contributed by atoms with Crippen molar-refractivity contribution < 1.29 is 0 Å².